The van der Waals surface area contributed by atoms with Crippen LogP contribution in [-0.4, -0.2) is 29.1 Å². The molecule has 1 amide bonds. The molecule has 0 saturated carbocycles. The van der Waals surface area contributed by atoms with Gasteiger partial charge < -0.3 is 4.74 Å². The molecule has 136 valence electrons. The Balaban J connectivity index is 1.95. The topological polar surface area (TPSA) is 41.9 Å². The summed E-state index contributed by atoms with van der Waals surface area (Å²) in [4.78, 5) is 19.6. The first-order chi connectivity index (χ1) is 13.1. The Kier molecular flexibility index (Phi) is 6.23. The number of carbonyl (C=O) groups is 1. The lowest BCUT2D eigenvalue weighted by molar-refractivity contribution is -0.122. The second kappa shape index (κ2) is 8.81. The maximum atomic E-state index is 12.8. The summed E-state index contributed by atoms with van der Waals surface area (Å²) in [6.07, 6.45) is 7.07. The Bertz CT molecular complexity index is 963. The Hall–Kier alpha value is -2.68. The smallest absolute Gasteiger partial charge is 0.266 e. The summed E-state index contributed by atoms with van der Waals surface area (Å²) < 4.78 is 5.56. The molecule has 1 aliphatic rings. The number of aliphatic imine (C=N–C) groups is 1. The number of hydrogen-bond donors (Lipinski definition) is 0. The van der Waals surface area contributed by atoms with Crippen molar-refractivity contribution in [3.05, 3.63) is 64.0 Å². The number of amides is 1. The highest BCUT2D eigenvalue weighted by Gasteiger charge is 2.32. The normalized spacial score (nSPS) is 16.8. The molecule has 1 heterocycles. The molecule has 0 N–H and O–H groups in total. The molecular weight excluding hydrogens is 380 g/mol. The Labute approximate surface area is 167 Å². The van der Waals surface area contributed by atoms with Gasteiger partial charge in [0.15, 0.2) is 5.17 Å². The standard InChI is InChI=1S/C21H17ClN2O2S/c1-3-13-26-18-12-8-5-9-15(18)14-19-20(25)24(4-2)21(27-19)23-17-11-7-6-10-16(17)22/h1,5-12,14H,4,13H2,2H3/b19-14+,23-21?. The van der Waals surface area contributed by atoms with Crippen LogP contribution in [0.15, 0.2) is 58.4 Å². The van der Waals surface area contributed by atoms with E-state index < -0.39 is 0 Å². The van der Waals surface area contributed by atoms with Crippen LogP contribution < -0.4 is 4.74 Å². The van der Waals surface area contributed by atoms with Gasteiger partial charge in [-0.2, -0.15) is 0 Å². The molecule has 0 atom stereocenters. The van der Waals surface area contributed by atoms with Gasteiger partial charge in [0.25, 0.3) is 5.91 Å². The van der Waals surface area contributed by atoms with Crippen molar-refractivity contribution in [2.45, 2.75) is 6.92 Å². The molecule has 3 rings (SSSR count). The Morgan fingerprint density at radius 1 is 1.26 bits per heavy atom. The molecule has 0 bridgehead atoms. The lowest BCUT2D eigenvalue weighted by atomic mass is 10.2. The van der Waals surface area contributed by atoms with Crippen molar-refractivity contribution in [2.75, 3.05) is 13.2 Å². The van der Waals surface area contributed by atoms with E-state index in [0.29, 0.717) is 33.1 Å². The number of carbonyl (C=O) groups excluding carboxylic acids is 1. The van der Waals surface area contributed by atoms with Crippen molar-refractivity contribution in [3.8, 4) is 18.1 Å². The van der Waals surface area contributed by atoms with Gasteiger partial charge in [0.2, 0.25) is 0 Å². The van der Waals surface area contributed by atoms with Crippen LogP contribution in [0.25, 0.3) is 6.08 Å². The molecule has 0 radical (unpaired) electrons. The van der Waals surface area contributed by atoms with Crippen LogP contribution >= 0.6 is 23.4 Å². The van der Waals surface area contributed by atoms with Gasteiger partial charge in [0.1, 0.15) is 12.4 Å². The SMILES string of the molecule is C#CCOc1ccccc1/C=C1/SC(=Nc2ccccc2Cl)N(CC)C1=O. The largest absolute Gasteiger partial charge is 0.480 e. The number of thioether (sulfide) groups is 1. The van der Waals surface area contributed by atoms with E-state index in [4.69, 9.17) is 22.8 Å². The second-order valence-electron chi connectivity index (χ2n) is 5.54. The third-order valence-corrected chi connectivity index (χ3v) is 5.12. The number of halogens is 1. The summed E-state index contributed by atoms with van der Waals surface area (Å²) in [6.45, 7) is 2.59. The van der Waals surface area contributed by atoms with Crippen LogP contribution in [0, 0.1) is 12.3 Å². The van der Waals surface area contributed by atoms with Gasteiger partial charge >= 0.3 is 0 Å². The first-order valence-corrected chi connectivity index (χ1v) is 9.53. The molecule has 6 heteroatoms. The van der Waals surface area contributed by atoms with Crippen molar-refractivity contribution >= 4 is 46.2 Å². The van der Waals surface area contributed by atoms with Crippen LogP contribution in [0.4, 0.5) is 5.69 Å². The van der Waals surface area contributed by atoms with Crippen LogP contribution in [0.3, 0.4) is 0 Å². The van der Waals surface area contributed by atoms with E-state index in [1.165, 1.54) is 11.8 Å². The fourth-order valence-electron chi connectivity index (χ4n) is 2.51. The summed E-state index contributed by atoms with van der Waals surface area (Å²) in [6, 6.07) is 14.7. The third kappa shape index (κ3) is 4.36. The summed E-state index contributed by atoms with van der Waals surface area (Å²) >= 11 is 7.51. The highest BCUT2D eigenvalue weighted by Crippen LogP contribution is 2.36. The monoisotopic (exact) mass is 396 g/mol. The number of likely N-dealkylation sites (N-methyl/N-ethyl adjacent to an activating group) is 1. The van der Waals surface area contributed by atoms with Crippen LogP contribution in [0.2, 0.25) is 5.02 Å². The van der Waals surface area contributed by atoms with Gasteiger partial charge in [0, 0.05) is 12.1 Å². The van der Waals surface area contributed by atoms with Crippen molar-refractivity contribution < 1.29 is 9.53 Å². The molecule has 1 saturated heterocycles. The zero-order chi connectivity index (χ0) is 19.2. The maximum absolute atomic E-state index is 12.8. The fraction of sp³-hybridized carbons (Fsp3) is 0.143. The van der Waals surface area contributed by atoms with Crippen molar-refractivity contribution in [3.63, 3.8) is 0 Å². The molecule has 27 heavy (non-hydrogen) atoms. The fourth-order valence-corrected chi connectivity index (χ4v) is 3.73. The van der Waals surface area contributed by atoms with Crippen molar-refractivity contribution in [1.82, 2.24) is 4.90 Å². The van der Waals surface area contributed by atoms with Crippen LogP contribution in [-0.2, 0) is 4.79 Å². The van der Waals surface area contributed by atoms with E-state index in [0.717, 1.165) is 5.56 Å². The highest BCUT2D eigenvalue weighted by atomic mass is 35.5. The number of rotatable bonds is 5. The van der Waals surface area contributed by atoms with Gasteiger partial charge in [-0.3, -0.25) is 9.69 Å². The molecule has 0 aromatic heterocycles. The maximum Gasteiger partial charge on any atom is 0.266 e. The van der Waals surface area contributed by atoms with E-state index in [1.54, 1.807) is 17.0 Å². The lowest BCUT2D eigenvalue weighted by Gasteiger charge is -2.12. The molecule has 1 aliphatic heterocycles. The van der Waals surface area contributed by atoms with Gasteiger partial charge in [-0.15, -0.1) is 6.42 Å². The zero-order valence-electron chi connectivity index (χ0n) is 14.7. The Morgan fingerprint density at radius 3 is 2.74 bits per heavy atom. The lowest BCUT2D eigenvalue weighted by Crippen LogP contribution is -2.28. The number of nitrogens with zero attached hydrogens (tertiary/aromatic N) is 2. The number of ether oxygens (including phenoxy) is 1. The van der Waals surface area contributed by atoms with Gasteiger partial charge in [-0.25, -0.2) is 4.99 Å². The molecule has 0 unspecified atom stereocenters. The second-order valence-corrected chi connectivity index (χ2v) is 6.95. The average Bonchev–Trinajstić information content (AvgIpc) is 2.97. The molecule has 2 aromatic rings. The Morgan fingerprint density at radius 2 is 2.00 bits per heavy atom. The number of benzene rings is 2. The highest BCUT2D eigenvalue weighted by molar-refractivity contribution is 8.18. The van der Waals surface area contributed by atoms with Crippen molar-refractivity contribution in [2.24, 2.45) is 4.99 Å². The minimum absolute atomic E-state index is 0.0972. The molecular formula is C21H17ClN2O2S. The van der Waals surface area contributed by atoms with Crippen molar-refractivity contribution in [1.29, 1.82) is 0 Å². The first-order valence-electron chi connectivity index (χ1n) is 8.34. The first kappa shape index (κ1) is 19.1. The quantitative estimate of drug-likeness (QED) is 0.529. The van der Waals surface area contributed by atoms with Gasteiger partial charge in [0.05, 0.1) is 15.6 Å². The number of amidine groups is 1. The molecule has 0 aliphatic carbocycles. The summed E-state index contributed by atoms with van der Waals surface area (Å²) in [7, 11) is 0. The predicted octanol–water partition coefficient (Wildman–Crippen LogP) is 4.98. The minimum Gasteiger partial charge on any atom is -0.480 e. The average molecular weight is 397 g/mol. The predicted molar refractivity (Wildman–Crippen MR) is 112 cm³/mol. The summed E-state index contributed by atoms with van der Waals surface area (Å²) in [5.74, 6) is 2.98. The van der Waals surface area contributed by atoms with Crippen LogP contribution in [0.1, 0.15) is 12.5 Å². The number of terminal acetylenes is 1. The van der Waals surface area contributed by atoms with E-state index in [-0.39, 0.29) is 12.5 Å². The van der Waals surface area contributed by atoms with E-state index in [1.807, 2.05) is 49.4 Å². The minimum atomic E-state index is -0.0972. The summed E-state index contributed by atoms with van der Waals surface area (Å²) in [5.41, 5.74) is 1.42. The molecule has 1 fully saturated rings. The van der Waals surface area contributed by atoms with E-state index in [2.05, 4.69) is 10.9 Å². The van der Waals surface area contributed by atoms with Gasteiger partial charge in [-0.05, 0) is 43.0 Å². The van der Waals surface area contributed by atoms with Crippen LogP contribution in [0.5, 0.6) is 5.75 Å². The zero-order valence-corrected chi connectivity index (χ0v) is 16.3. The molecule has 4 nitrogen and oxygen atoms in total. The number of hydrogen-bond acceptors (Lipinski definition) is 4. The number of para-hydroxylation sites is 2. The molecule has 2 aromatic carbocycles. The summed E-state index contributed by atoms with van der Waals surface area (Å²) in [5, 5.41) is 1.14. The molecule has 0 spiro atoms. The third-order valence-electron chi connectivity index (χ3n) is 3.79. The van der Waals surface area contributed by atoms with E-state index >= 15 is 0 Å². The van der Waals surface area contributed by atoms with E-state index in [9.17, 15) is 4.79 Å². The van der Waals surface area contributed by atoms with Gasteiger partial charge in [-0.1, -0.05) is 47.9 Å².